The molecule has 0 spiro atoms. The van der Waals surface area contributed by atoms with Gasteiger partial charge in [0, 0.05) is 36.3 Å². The van der Waals surface area contributed by atoms with Gasteiger partial charge in [-0.3, -0.25) is 4.98 Å². The van der Waals surface area contributed by atoms with Crippen LogP contribution in [0.3, 0.4) is 0 Å². The third-order valence-electron chi connectivity index (χ3n) is 8.62. The lowest BCUT2D eigenvalue weighted by molar-refractivity contribution is 0.547. The van der Waals surface area contributed by atoms with Crippen molar-refractivity contribution in [1.29, 1.82) is 0 Å². The Morgan fingerprint density at radius 2 is 1.68 bits per heavy atom. The SMILES string of the molecule is Cc1nc(NCc2c(F)cccc2F)nc(NC2CCC(CS(=O)(=O)c3cc(F)cc(F)c3)C2)c1-c1nc2c(C3CC3)nccc2s1. The molecule has 14 heteroatoms. The average Bonchev–Trinajstić information content (AvgIpc) is 3.62. The van der Waals surface area contributed by atoms with Crippen LogP contribution in [0, 0.1) is 36.1 Å². The minimum atomic E-state index is -3.93. The number of benzene rings is 2. The molecule has 5 aromatic rings. The van der Waals surface area contributed by atoms with E-state index in [0.717, 1.165) is 40.9 Å². The highest BCUT2D eigenvalue weighted by Crippen LogP contribution is 2.44. The average molecular weight is 683 g/mol. The van der Waals surface area contributed by atoms with E-state index in [1.807, 2.05) is 13.0 Å². The van der Waals surface area contributed by atoms with Gasteiger partial charge in [0.1, 0.15) is 39.6 Å². The first kappa shape index (κ1) is 31.4. The number of nitrogens with zero attached hydrogens (tertiary/aromatic N) is 4. The zero-order chi connectivity index (χ0) is 32.9. The normalized spacial score (nSPS) is 18.1. The van der Waals surface area contributed by atoms with E-state index in [2.05, 4.69) is 20.6 Å². The summed E-state index contributed by atoms with van der Waals surface area (Å²) < 4.78 is 83.3. The summed E-state index contributed by atoms with van der Waals surface area (Å²) in [6.07, 6.45) is 5.61. The first-order chi connectivity index (χ1) is 22.5. The Hall–Kier alpha value is -4.17. The van der Waals surface area contributed by atoms with Crippen LogP contribution in [-0.4, -0.2) is 40.1 Å². The van der Waals surface area contributed by atoms with Crippen LogP contribution in [0.5, 0.6) is 0 Å². The molecule has 2 aliphatic rings. The van der Waals surface area contributed by atoms with E-state index in [9.17, 15) is 26.0 Å². The first-order valence-electron chi connectivity index (χ1n) is 15.3. The van der Waals surface area contributed by atoms with E-state index in [1.54, 1.807) is 6.20 Å². The highest BCUT2D eigenvalue weighted by atomic mass is 32.2. The summed E-state index contributed by atoms with van der Waals surface area (Å²) in [5.74, 6) is -2.77. The summed E-state index contributed by atoms with van der Waals surface area (Å²) in [6, 6.07) is 7.72. The van der Waals surface area contributed by atoms with Gasteiger partial charge in [-0.1, -0.05) is 6.07 Å². The Labute approximate surface area is 272 Å². The molecule has 2 N–H and O–H groups in total. The second-order valence-electron chi connectivity index (χ2n) is 12.2. The van der Waals surface area contributed by atoms with Crippen molar-refractivity contribution in [1.82, 2.24) is 19.9 Å². The summed E-state index contributed by atoms with van der Waals surface area (Å²) in [7, 11) is -3.93. The first-order valence-corrected chi connectivity index (χ1v) is 17.8. The Balaban J connectivity index is 1.18. The summed E-state index contributed by atoms with van der Waals surface area (Å²) >= 11 is 1.49. The number of anilines is 2. The van der Waals surface area contributed by atoms with Gasteiger partial charge in [0.2, 0.25) is 5.95 Å². The monoisotopic (exact) mass is 682 g/mol. The molecule has 2 unspecified atom stereocenters. The molecule has 0 radical (unpaired) electrons. The quantitative estimate of drug-likeness (QED) is 0.145. The molecule has 0 saturated heterocycles. The number of aromatic nitrogens is 4. The largest absolute Gasteiger partial charge is 0.367 e. The number of halogens is 4. The topological polar surface area (TPSA) is 110 Å². The van der Waals surface area contributed by atoms with Crippen LogP contribution in [-0.2, 0) is 16.4 Å². The third-order valence-corrected chi connectivity index (χ3v) is 11.5. The van der Waals surface area contributed by atoms with Crippen molar-refractivity contribution < 1.29 is 26.0 Å². The van der Waals surface area contributed by atoms with Gasteiger partial charge in [-0.15, -0.1) is 11.3 Å². The lowest BCUT2D eigenvalue weighted by Gasteiger charge is -2.19. The van der Waals surface area contributed by atoms with Gasteiger partial charge in [0.15, 0.2) is 9.84 Å². The zero-order valence-corrected chi connectivity index (χ0v) is 26.9. The van der Waals surface area contributed by atoms with Gasteiger partial charge in [0.05, 0.1) is 32.3 Å². The van der Waals surface area contributed by atoms with Gasteiger partial charge in [-0.05, 0) is 75.3 Å². The minimum absolute atomic E-state index is 0.142. The van der Waals surface area contributed by atoms with E-state index in [1.165, 1.54) is 29.5 Å². The molecule has 2 aliphatic carbocycles. The standard InChI is InChI=1S/C33H30F4N6O2S2/c1-17-28(32-42-30-27(46-32)9-10-38-29(30)19-6-7-19)31(43-33(40-17)39-15-24-25(36)3-2-4-26(24)37)41-22-8-5-18(11-22)16-47(44,45)23-13-20(34)12-21(35)14-23/h2-4,9-10,12-14,18-19,22H,5-8,11,15-16H2,1H3,(H2,39,40,41,43). The number of pyridine rings is 1. The van der Waals surface area contributed by atoms with Crippen molar-refractivity contribution in [3.63, 3.8) is 0 Å². The van der Waals surface area contributed by atoms with E-state index in [-0.39, 0.29) is 40.7 Å². The molecule has 3 heterocycles. The Kier molecular flexibility index (Phi) is 8.33. The fourth-order valence-corrected chi connectivity index (χ4v) is 8.95. The molecule has 8 nitrogen and oxygen atoms in total. The molecule has 0 aliphatic heterocycles. The summed E-state index contributed by atoms with van der Waals surface area (Å²) in [4.78, 5) is 18.5. The molecule has 0 bridgehead atoms. The minimum Gasteiger partial charge on any atom is -0.367 e. The predicted molar refractivity (Wildman–Crippen MR) is 172 cm³/mol. The molecule has 2 saturated carbocycles. The van der Waals surface area contributed by atoms with E-state index in [0.29, 0.717) is 53.3 Å². The summed E-state index contributed by atoms with van der Waals surface area (Å²) in [5, 5.41) is 7.11. The van der Waals surface area contributed by atoms with E-state index in [4.69, 9.17) is 9.97 Å². The van der Waals surface area contributed by atoms with Gasteiger partial charge < -0.3 is 10.6 Å². The second-order valence-corrected chi connectivity index (χ2v) is 15.2. The lowest BCUT2D eigenvalue weighted by atomic mass is 10.1. The number of rotatable bonds is 10. The van der Waals surface area contributed by atoms with Crippen LogP contribution in [0.15, 0.2) is 53.6 Å². The van der Waals surface area contributed by atoms with Crippen LogP contribution in [0.2, 0.25) is 0 Å². The van der Waals surface area contributed by atoms with Gasteiger partial charge in [-0.25, -0.2) is 35.9 Å². The number of hydrogen-bond acceptors (Lipinski definition) is 9. The van der Waals surface area contributed by atoms with Crippen molar-refractivity contribution in [3.8, 4) is 10.6 Å². The third kappa shape index (κ3) is 6.66. The second kappa shape index (κ2) is 12.5. The fourth-order valence-electron chi connectivity index (χ4n) is 6.18. The number of nitrogens with one attached hydrogen (secondary N) is 2. The summed E-state index contributed by atoms with van der Waals surface area (Å²) in [5.41, 5.74) is 2.93. The highest BCUT2D eigenvalue weighted by molar-refractivity contribution is 7.91. The van der Waals surface area contributed by atoms with Crippen molar-refractivity contribution in [3.05, 3.63) is 88.9 Å². The number of aryl methyl sites for hydroxylation is 1. The molecule has 244 valence electrons. The molecule has 2 aromatic carbocycles. The number of thiazole rings is 1. The maximum Gasteiger partial charge on any atom is 0.225 e. The molecular formula is C33H30F4N6O2S2. The van der Waals surface area contributed by atoms with E-state index >= 15 is 0 Å². The van der Waals surface area contributed by atoms with Crippen molar-refractivity contribution in [2.24, 2.45) is 5.92 Å². The zero-order valence-electron chi connectivity index (χ0n) is 25.2. The maximum atomic E-state index is 14.3. The Morgan fingerprint density at radius 1 is 0.936 bits per heavy atom. The Morgan fingerprint density at radius 3 is 2.40 bits per heavy atom. The van der Waals surface area contributed by atoms with Crippen molar-refractivity contribution >= 4 is 43.2 Å². The smallest absolute Gasteiger partial charge is 0.225 e. The van der Waals surface area contributed by atoms with Crippen LogP contribution in [0.4, 0.5) is 29.3 Å². The molecule has 0 amide bonds. The van der Waals surface area contributed by atoms with Gasteiger partial charge in [-0.2, -0.15) is 4.98 Å². The lowest BCUT2D eigenvalue weighted by Crippen LogP contribution is -2.21. The van der Waals surface area contributed by atoms with Crippen molar-refractivity contribution in [2.75, 3.05) is 16.4 Å². The molecule has 2 fully saturated rings. The molecule has 3 aromatic heterocycles. The number of hydrogen-bond donors (Lipinski definition) is 2. The van der Waals surface area contributed by atoms with Crippen molar-refractivity contribution in [2.45, 2.75) is 62.4 Å². The maximum absolute atomic E-state index is 14.3. The van der Waals surface area contributed by atoms with Crippen LogP contribution in [0.25, 0.3) is 20.8 Å². The van der Waals surface area contributed by atoms with Gasteiger partial charge >= 0.3 is 0 Å². The fraction of sp³-hybridized carbons (Fsp3) is 0.333. The van der Waals surface area contributed by atoms with Crippen LogP contribution < -0.4 is 10.6 Å². The van der Waals surface area contributed by atoms with Crippen LogP contribution >= 0.6 is 11.3 Å². The van der Waals surface area contributed by atoms with Gasteiger partial charge in [0.25, 0.3) is 0 Å². The molecule has 2 atom stereocenters. The predicted octanol–water partition coefficient (Wildman–Crippen LogP) is 7.56. The molecule has 7 rings (SSSR count). The number of sulfone groups is 1. The van der Waals surface area contributed by atoms with Crippen LogP contribution in [0.1, 0.15) is 55.0 Å². The number of fused-ring (bicyclic) bond motifs is 1. The molecular weight excluding hydrogens is 653 g/mol. The summed E-state index contributed by atoms with van der Waals surface area (Å²) in [6.45, 7) is 1.63. The highest BCUT2D eigenvalue weighted by Gasteiger charge is 2.32. The molecule has 47 heavy (non-hydrogen) atoms. The van der Waals surface area contributed by atoms with E-state index < -0.39 is 33.1 Å². The Bertz CT molecular complexity index is 2060.